The van der Waals surface area contributed by atoms with Crippen molar-refractivity contribution >= 4 is 50.2 Å². The second-order valence-electron chi connectivity index (χ2n) is 4.89. The van der Waals surface area contributed by atoms with Crippen molar-refractivity contribution in [2.24, 2.45) is 0 Å². The molecule has 0 aliphatic rings. The molecule has 0 amide bonds. The summed E-state index contributed by atoms with van der Waals surface area (Å²) < 4.78 is 3.05. The minimum absolute atomic E-state index is 0.524. The van der Waals surface area contributed by atoms with Crippen LogP contribution in [0.5, 0.6) is 0 Å². The summed E-state index contributed by atoms with van der Waals surface area (Å²) in [6, 6.07) is 12.1. The molecule has 3 aromatic rings. The van der Waals surface area contributed by atoms with Gasteiger partial charge in [-0.1, -0.05) is 33.6 Å². The second kappa shape index (κ2) is 5.99. The summed E-state index contributed by atoms with van der Waals surface area (Å²) in [6.07, 6.45) is 0.696. The molecule has 0 saturated carbocycles. The fraction of sp³-hybridized carbons (Fsp3) is 0.188. The lowest BCUT2D eigenvalue weighted by molar-refractivity contribution is 0.912. The number of alkyl halides is 1. The molecule has 0 fully saturated rings. The number of rotatable bonds is 3. The number of aromatic nitrogens is 2. The molecule has 2 nitrogen and oxygen atoms in total. The van der Waals surface area contributed by atoms with E-state index in [1.165, 1.54) is 5.56 Å². The fourth-order valence-corrected chi connectivity index (χ4v) is 3.35. The monoisotopic (exact) mass is 382 g/mol. The number of nitrogens with zero attached hydrogens (tertiary/aromatic N) is 2. The Bertz CT molecular complexity index is 811. The van der Waals surface area contributed by atoms with Crippen LogP contribution in [0.3, 0.4) is 0 Å². The van der Waals surface area contributed by atoms with Gasteiger partial charge in [0.2, 0.25) is 0 Å². The van der Waals surface area contributed by atoms with E-state index < -0.39 is 0 Å². The first-order chi connectivity index (χ1) is 10.1. The molecule has 0 atom stereocenters. The van der Waals surface area contributed by atoms with Crippen molar-refractivity contribution in [2.45, 2.75) is 13.3 Å². The second-order valence-corrected chi connectivity index (χ2v) is 6.59. The van der Waals surface area contributed by atoms with E-state index in [0.717, 1.165) is 27.0 Å². The maximum absolute atomic E-state index is 6.42. The first kappa shape index (κ1) is 14.9. The molecule has 0 unspecified atom stereocenters. The van der Waals surface area contributed by atoms with Crippen molar-refractivity contribution < 1.29 is 0 Å². The number of hydrogen-bond donors (Lipinski definition) is 0. The summed E-state index contributed by atoms with van der Waals surface area (Å²) in [6.45, 7) is 2.07. The number of fused-ring (bicyclic) bond motifs is 1. The first-order valence-corrected chi connectivity index (χ1v) is 8.30. The Kier molecular flexibility index (Phi) is 4.25. The Labute approximate surface area is 141 Å². The van der Waals surface area contributed by atoms with Crippen molar-refractivity contribution in [3.63, 3.8) is 0 Å². The maximum Gasteiger partial charge on any atom is 0.115 e. The van der Waals surface area contributed by atoms with E-state index in [-0.39, 0.29) is 0 Å². The molecule has 0 aliphatic carbocycles. The number of hydrogen-bond acceptors (Lipinski definition) is 1. The molecule has 21 heavy (non-hydrogen) atoms. The van der Waals surface area contributed by atoms with Gasteiger partial charge in [0.1, 0.15) is 5.82 Å². The molecular weight excluding hydrogens is 371 g/mol. The minimum Gasteiger partial charge on any atom is -0.295 e. The van der Waals surface area contributed by atoms with Gasteiger partial charge in [-0.3, -0.25) is 4.57 Å². The Morgan fingerprint density at radius 2 is 2.00 bits per heavy atom. The molecule has 0 radical (unpaired) electrons. The quantitative estimate of drug-likeness (QED) is 0.543. The lowest BCUT2D eigenvalue weighted by Gasteiger charge is -2.11. The van der Waals surface area contributed by atoms with Crippen LogP contribution in [0.2, 0.25) is 5.02 Å². The Hall–Kier alpha value is -1.03. The molecule has 108 valence electrons. The summed E-state index contributed by atoms with van der Waals surface area (Å²) in [5.41, 5.74) is 4.13. The van der Waals surface area contributed by atoms with E-state index in [2.05, 4.69) is 39.6 Å². The third-order valence-electron chi connectivity index (χ3n) is 3.35. The van der Waals surface area contributed by atoms with E-state index in [0.29, 0.717) is 17.3 Å². The van der Waals surface area contributed by atoms with Gasteiger partial charge >= 0.3 is 0 Å². The predicted octanol–water partition coefficient (Wildman–Crippen LogP) is 5.53. The van der Waals surface area contributed by atoms with Crippen LogP contribution < -0.4 is 0 Å². The van der Waals surface area contributed by atoms with Crippen molar-refractivity contribution in [2.75, 3.05) is 5.88 Å². The molecular formula is C16H13BrCl2N2. The highest BCUT2D eigenvalue weighted by molar-refractivity contribution is 9.10. The minimum atomic E-state index is 0.524. The summed E-state index contributed by atoms with van der Waals surface area (Å²) in [5.74, 6) is 1.45. The van der Waals surface area contributed by atoms with Crippen LogP contribution >= 0.6 is 39.1 Å². The molecule has 0 N–H and O–H groups in total. The average molecular weight is 384 g/mol. The normalized spacial score (nSPS) is 11.2. The molecule has 2 aromatic carbocycles. The predicted molar refractivity (Wildman–Crippen MR) is 92.9 cm³/mol. The molecule has 3 rings (SSSR count). The average Bonchev–Trinajstić information content (AvgIpc) is 2.77. The summed E-state index contributed by atoms with van der Waals surface area (Å²) in [4.78, 5) is 4.69. The van der Waals surface area contributed by atoms with E-state index in [1.807, 2.05) is 24.3 Å². The molecule has 5 heteroatoms. The Morgan fingerprint density at radius 3 is 2.71 bits per heavy atom. The van der Waals surface area contributed by atoms with E-state index in [4.69, 9.17) is 28.2 Å². The van der Waals surface area contributed by atoms with Crippen LogP contribution in [0.25, 0.3) is 16.7 Å². The van der Waals surface area contributed by atoms with Crippen LogP contribution in [0.4, 0.5) is 0 Å². The highest BCUT2D eigenvalue weighted by Crippen LogP contribution is 2.30. The van der Waals surface area contributed by atoms with Gasteiger partial charge in [-0.05, 0) is 42.8 Å². The van der Waals surface area contributed by atoms with Gasteiger partial charge in [0.25, 0.3) is 0 Å². The molecule has 1 heterocycles. The number of benzene rings is 2. The van der Waals surface area contributed by atoms with E-state index in [1.54, 1.807) is 0 Å². The van der Waals surface area contributed by atoms with Gasteiger partial charge in [0.05, 0.1) is 21.7 Å². The highest BCUT2D eigenvalue weighted by Gasteiger charge is 2.14. The van der Waals surface area contributed by atoms with E-state index >= 15 is 0 Å². The zero-order valence-electron chi connectivity index (χ0n) is 11.4. The van der Waals surface area contributed by atoms with E-state index in [9.17, 15) is 0 Å². The van der Waals surface area contributed by atoms with Crippen molar-refractivity contribution in [3.8, 4) is 5.69 Å². The summed E-state index contributed by atoms with van der Waals surface area (Å²) in [5, 5.41) is 0.681. The first-order valence-electron chi connectivity index (χ1n) is 6.59. The zero-order chi connectivity index (χ0) is 15.0. The van der Waals surface area contributed by atoms with Crippen molar-refractivity contribution in [1.82, 2.24) is 9.55 Å². The van der Waals surface area contributed by atoms with Crippen LogP contribution in [-0.2, 0) is 6.42 Å². The Balaban J connectivity index is 2.32. The standard InChI is InChI=1S/C16H13BrCl2N2/c1-10-2-4-13-15(8-10)21(16(20-13)6-7-18)14-5-3-11(17)9-12(14)19/h2-5,8-9H,6-7H2,1H3. The van der Waals surface area contributed by atoms with Crippen LogP contribution in [0.1, 0.15) is 11.4 Å². The zero-order valence-corrected chi connectivity index (χ0v) is 14.5. The van der Waals surface area contributed by atoms with Crippen molar-refractivity contribution in [3.05, 3.63) is 57.3 Å². The van der Waals surface area contributed by atoms with Gasteiger partial charge in [0, 0.05) is 16.8 Å². The fourth-order valence-electron chi connectivity index (χ4n) is 2.42. The molecule has 0 bridgehead atoms. The van der Waals surface area contributed by atoms with Crippen molar-refractivity contribution in [1.29, 1.82) is 0 Å². The smallest absolute Gasteiger partial charge is 0.115 e. The number of halogens is 3. The lowest BCUT2D eigenvalue weighted by atomic mass is 10.2. The third kappa shape index (κ3) is 2.83. The number of aryl methyl sites for hydroxylation is 2. The van der Waals surface area contributed by atoms with Gasteiger partial charge in [-0.2, -0.15) is 0 Å². The van der Waals surface area contributed by atoms with Gasteiger partial charge < -0.3 is 0 Å². The molecule has 1 aromatic heterocycles. The molecule has 0 saturated heterocycles. The topological polar surface area (TPSA) is 17.8 Å². The van der Waals surface area contributed by atoms with Crippen LogP contribution in [0.15, 0.2) is 40.9 Å². The summed E-state index contributed by atoms with van der Waals surface area (Å²) in [7, 11) is 0. The molecule has 0 spiro atoms. The van der Waals surface area contributed by atoms with Crippen LogP contribution in [-0.4, -0.2) is 15.4 Å². The number of imidazole rings is 1. The third-order valence-corrected chi connectivity index (χ3v) is 4.33. The lowest BCUT2D eigenvalue weighted by Crippen LogP contribution is -2.03. The molecule has 0 aliphatic heterocycles. The Morgan fingerprint density at radius 1 is 1.19 bits per heavy atom. The maximum atomic E-state index is 6.42. The van der Waals surface area contributed by atoms with Gasteiger partial charge in [-0.25, -0.2) is 4.98 Å². The highest BCUT2D eigenvalue weighted by atomic mass is 79.9. The van der Waals surface area contributed by atoms with Gasteiger partial charge in [-0.15, -0.1) is 11.6 Å². The van der Waals surface area contributed by atoms with Gasteiger partial charge in [0.15, 0.2) is 0 Å². The van der Waals surface area contributed by atoms with Crippen LogP contribution in [0, 0.1) is 6.92 Å². The SMILES string of the molecule is Cc1ccc2nc(CCCl)n(-c3ccc(Br)cc3Cl)c2c1. The largest absolute Gasteiger partial charge is 0.295 e. The summed E-state index contributed by atoms with van der Waals surface area (Å²) >= 11 is 15.8.